The van der Waals surface area contributed by atoms with E-state index in [9.17, 15) is 9.90 Å². The lowest BCUT2D eigenvalue weighted by Crippen LogP contribution is -2.45. The molecule has 3 rings (SSSR count). The third-order valence-electron chi connectivity index (χ3n) is 3.40. The van der Waals surface area contributed by atoms with Crippen molar-refractivity contribution in [1.29, 1.82) is 0 Å². The van der Waals surface area contributed by atoms with E-state index >= 15 is 0 Å². The van der Waals surface area contributed by atoms with Crippen LogP contribution in [0.5, 0.6) is 0 Å². The minimum absolute atomic E-state index is 0.0236. The molecule has 1 amide bonds. The molecule has 1 aromatic rings. The van der Waals surface area contributed by atoms with Crippen LogP contribution in [0.4, 0.5) is 11.4 Å². The molecule has 4 nitrogen and oxygen atoms in total. The summed E-state index contributed by atoms with van der Waals surface area (Å²) in [7, 11) is 0. The fraction of sp³-hybridized carbons (Fsp3) is 0.385. The van der Waals surface area contributed by atoms with E-state index in [0.717, 1.165) is 11.4 Å². The fourth-order valence-corrected chi connectivity index (χ4v) is 2.34. The highest BCUT2D eigenvalue weighted by atomic mass is 16.3. The molecule has 1 N–H and O–H groups in total. The predicted molar refractivity (Wildman–Crippen MR) is 65.7 cm³/mol. The number of hydrogen-bond donors (Lipinski definition) is 1. The molecule has 0 saturated heterocycles. The monoisotopic (exact) mass is 230 g/mol. The van der Waals surface area contributed by atoms with Crippen LogP contribution in [0.25, 0.3) is 0 Å². The largest absolute Gasteiger partial charge is 0.393 e. The molecule has 17 heavy (non-hydrogen) atoms. The Morgan fingerprint density at radius 3 is 2.88 bits per heavy atom. The van der Waals surface area contributed by atoms with Crippen molar-refractivity contribution < 1.29 is 9.90 Å². The maximum absolute atomic E-state index is 12.2. The highest BCUT2D eigenvalue weighted by Crippen LogP contribution is 2.35. The van der Waals surface area contributed by atoms with Crippen molar-refractivity contribution in [2.75, 3.05) is 11.4 Å². The number of aliphatic hydroxyl groups is 1. The van der Waals surface area contributed by atoms with Crippen LogP contribution in [0, 0.1) is 5.92 Å². The smallest absolute Gasteiger partial charge is 0.230 e. The van der Waals surface area contributed by atoms with Crippen LogP contribution in [-0.4, -0.2) is 29.9 Å². The fourth-order valence-electron chi connectivity index (χ4n) is 2.34. The topological polar surface area (TPSA) is 52.9 Å². The first-order chi connectivity index (χ1) is 8.25. The number of aliphatic hydroxyl groups excluding tert-OH is 1. The molecule has 1 heterocycles. The zero-order valence-corrected chi connectivity index (χ0v) is 9.41. The number of anilines is 1. The first kappa shape index (κ1) is 10.5. The van der Waals surface area contributed by atoms with Gasteiger partial charge in [-0.3, -0.25) is 9.79 Å². The molecule has 1 aliphatic carbocycles. The van der Waals surface area contributed by atoms with Crippen LogP contribution in [0.1, 0.15) is 12.8 Å². The first-order valence-electron chi connectivity index (χ1n) is 5.86. The number of amides is 1. The van der Waals surface area contributed by atoms with Crippen LogP contribution < -0.4 is 4.90 Å². The molecule has 0 spiro atoms. The molecule has 0 unspecified atom stereocenters. The van der Waals surface area contributed by atoms with Gasteiger partial charge in [0.05, 0.1) is 24.0 Å². The molecule has 1 fully saturated rings. The molecular formula is C13H14N2O2. The maximum atomic E-state index is 12.2. The summed E-state index contributed by atoms with van der Waals surface area (Å²) in [6.45, 7) is 0.530. The second-order valence-corrected chi connectivity index (χ2v) is 4.57. The summed E-state index contributed by atoms with van der Waals surface area (Å²) in [5.41, 5.74) is 1.72. The van der Waals surface area contributed by atoms with Crippen molar-refractivity contribution in [2.45, 2.75) is 18.9 Å². The summed E-state index contributed by atoms with van der Waals surface area (Å²) < 4.78 is 0. The number of nitrogens with zero attached hydrogens (tertiary/aromatic N) is 2. The Labute approximate surface area is 99.6 Å². The van der Waals surface area contributed by atoms with E-state index in [1.165, 1.54) is 0 Å². The summed E-state index contributed by atoms with van der Waals surface area (Å²) >= 11 is 0. The number of rotatable bonds is 1. The van der Waals surface area contributed by atoms with Crippen molar-refractivity contribution in [3.05, 3.63) is 24.3 Å². The van der Waals surface area contributed by atoms with Gasteiger partial charge in [-0.1, -0.05) is 12.1 Å². The van der Waals surface area contributed by atoms with Crippen molar-refractivity contribution in [3.8, 4) is 0 Å². The zero-order valence-electron chi connectivity index (χ0n) is 9.41. The summed E-state index contributed by atoms with van der Waals surface area (Å²) in [6, 6.07) is 7.65. The van der Waals surface area contributed by atoms with Gasteiger partial charge in [0.15, 0.2) is 0 Å². The Morgan fingerprint density at radius 2 is 2.12 bits per heavy atom. The van der Waals surface area contributed by atoms with Gasteiger partial charge in [-0.05, 0) is 25.0 Å². The molecule has 0 bridgehead atoms. The molecule has 0 atom stereocenters. The van der Waals surface area contributed by atoms with Crippen LogP contribution >= 0.6 is 0 Å². The summed E-state index contributed by atoms with van der Waals surface area (Å²) in [5.74, 6) is 0.0819. The van der Waals surface area contributed by atoms with E-state index in [1.807, 2.05) is 24.3 Å². The van der Waals surface area contributed by atoms with Gasteiger partial charge in [-0.15, -0.1) is 0 Å². The van der Waals surface area contributed by atoms with Gasteiger partial charge in [0.2, 0.25) is 5.91 Å². The van der Waals surface area contributed by atoms with E-state index in [4.69, 9.17) is 0 Å². The lowest BCUT2D eigenvalue weighted by atomic mass is 9.81. The van der Waals surface area contributed by atoms with Crippen LogP contribution in [-0.2, 0) is 4.79 Å². The normalized spacial score (nSPS) is 26.3. The Bertz CT molecular complexity index is 478. The average molecular weight is 230 g/mol. The van der Waals surface area contributed by atoms with E-state index in [0.29, 0.717) is 19.4 Å². The van der Waals surface area contributed by atoms with Gasteiger partial charge in [0, 0.05) is 12.1 Å². The number of carbonyl (C=O) groups is 1. The summed E-state index contributed by atoms with van der Waals surface area (Å²) in [6.07, 6.45) is 2.65. The molecule has 1 aromatic carbocycles. The quantitative estimate of drug-likeness (QED) is 0.795. The number of fused-ring (bicyclic) bond motifs is 1. The Balaban J connectivity index is 1.85. The lowest BCUT2D eigenvalue weighted by Gasteiger charge is -2.35. The Hall–Kier alpha value is -1.68. The highest BCUT2D eigenvalue weighted by molar-refractivity contribution is 6.02. The molecule has 2 aliphatic rings. The maximum Gasteiger partial charge on any atom is 0.230 e. The standard InChI is InChI=1S/C13H14N2O2/c16-10-7-9(8-10)13(17)15-6-5-14-11-3-1-2-4-12(11)15/h1-5,9-10,16H,6-8H2. The van der Waals surface area contributed by atoms with Crippen molar-refractivity contribution in [1.82, 2.24) is 0 Å². The highest BCUT2D eigenvalue weighted by Gasteiger charge is 2.36. The summed E-state index contributed by atoms with van der Waals surface area (Å²) in [4.78, 5) is 18.3. The van der Waals surface area contributed by atoms with Crippen LogP contribution in [0.2, 0.25) is 0 Å². The molecule has 88 valence electrons. The molecule has 4 heteroatoms. The predicted octanol–water partition coefficient (Wildman–Crippen LogP) is 1.51. The van der Waals surface area contributed by atoms with Gasteiger partial charge in [-0.2, -0.15) is 0 Å². The number of benzene rings is 1. The first-order valence-corrected chi connectivity index (χ1v) is 5.86. The van der Waals surface area contributed by atoms with Gasteiger partial charge in [0.25, 0.3) is 0 Å². The SMILES string of the molecule is O=C(C1CC(O)C1)N1CC=Nc2ccccc21. The average Bonchev–Trinajstić information content (AvgIpc) is 2.33. The number of para-hydroxylation sites is 2. The van der Waals surface area contributed by atoms with Gasteiger partial charge >= 0.3 is 0 Å². The molecule has 0 aromatic heterocycles. The van der Waals surface area contributed by atoms with Crippen LogP contribution in [0.15, 0.2) is 29.3 Å². The minimum atomic E-state index is -0.294. The van der Waals surface area contributed by atoms with Crippen molar-refractivity contribution in [3.63, 3.8) is 0 Å². The number of hydrogen-bond acceptors (Lipinski definition) is 3. The van der Waals surface area contributed by atoms with Crippen LogP contribution in [0.3, 0.4) is 0 Å². The molecular weight excluding hydrogens is 216 g/mol. The van der Waals surface area contributed by atoms with E-state index in [1.54, 1.807) is 11.1 Å². The summed E-state index contributed by atoms with van der Waals surface area (Å²) in [5, 5.41) is 9.26. The van der Waals surface area contributed by atoms with Crippen molar-refractivity contribution >= 4 is 23.5 Å². The molecule has 1 aliphatic heterocycles. The third-order valence-corrected chi connectivity index (χ3v) is 3.40. The van der Waals surface area contributed by atoms with Gasteiger partial charge in [-0.25, -0.2) is 0 Å². The van der Waals surface area contributed by atoms with Crippen molar-refractivity contribution in [2.24, 2.45) is 10.9 Å². The minimum Gasteiger partial charge on any atom is -0.393 e. The third kappa shape index (κ3) is 1.74. The Morgan fingerprint density at radius 1 is 1.35 bits per heavy atom. The second kappa shape index (κ2) is 3.96. The second-order valence-electron chi connectivity index (χ2n) is 4.57. The van der Waals surface area contributed by atoms with E-state index in [2.05, 4.69) is 4.99 Å². The number of carbonyl (C=O) groups excluding carboxylic acids is 1. The van der Waals surface area contributed by atoms with Gasteiger partial charge < -0.3 is 10.0 Å². The zero-order chi connectivity index (χ0) is 11.8. The lowest BCUT2D eigenvalue weighted by molar-refractivity contribution is -0.128. The van der Waals surface area contributed by atoms with Gasteiger partial charge in [0.1, 0.15) is 0 Å². The molecule has 0 radical (unpaired) electrons. The number of aliphatic imine (C=N–C) groups is 1. The van der Waals surface area contributed by atoms with E-state index in [-0.39, 0.29) is 17.9 Å². The Kier molecular flexibility index (Phi) is 2.44. The van der Waals surface area contributed by atoms with E-state index < -0.39 is 0 Å². The molecule has 1 saturated carbocycles.